The minimum Gasteiger partial charge on any atom is -0.0782 e. The SMILES string of the molecule is CC1(C)C=C2C(CC1)c1cc3c(cc1C2(C)C)-c1ccccc1C3(C)C. The molecule has 3 aliphatic rings. The molecule has 0 nitrogen and oxygen atoms in total. The molecule has 3 aliphatic carbocycles. The van der Waals surface area contributed by atoms with Crippen LogP contribution in [0.3, 0.4) is 0 Å². The van der Waals surface area contributed by atoms with E-state index in [2.05, 4.69) is 84.0 Å². The number of benzene rings is 2. The molecule has 0 saturated carbocycles. The van der Waals surface area contributed by atoms with Crippen LogP contribution in [0.1, 0.15) is 82.6 Å². The van der Waals surface area contributed by atoms with Gasteiger partial charge in [0.1, 0.15) is 0 Å². The van der Waals surface area contributed by atoms with Gasteiger partial charge in [0, 0.05) is 16.7 Å². The zero-order valence-corrected chi connectivity index (χ0v) is 17.0. The maximum atomic E-state index is 2.60. The number of fused-ring (bicyclic) bond motifs is 6. The molecule has 0 saturated heterocycles. The Hall–Kier alpha value is -1.82. The van der Waals surface area contributed by atoms with Crippen LogP contribution in [-0.2, 0) is 10.8 Å². The highest BCUT2D eigenvalue weighted by Gasteiger charge is 2.47. The molecule has 0 spiro atoms. The van der Waals surface area contributed by atoms with Gasteiger partial charge in [0.2, 0.25) is 0 Å². The van der Waals surface area contributed by atoms with Crippen LogP contribution in [0.2, 0.25) is 0 Å². The Labute approximate surface area is 158 Å². The van der Waals surface area contributed by atoms with Gasteiger partial charge < -0.3 is 0 Å². The highest BCUT2D eigenvalue weighted by molar-refractivity contribution is 5.83. The molecule has 0 fully saturated rings. The van der Waals surface area contributed by atoms with E-state index in [0.717, 1.165) is 0 Å². The van der Waals surface area contributed by atoms with E-state index in [0.29, 0.717) is 11.3 Å². The van der Waals surface area contributed by atoms with Crippen LogP contribution in [0, 0.1) is 5.41 Å². The highest BCUT2D eigenvalue weighted by Crippen LogP contribution is 2.59. The third-order valence-electron chi connectivity index (χ3n) is 7.52. The zero-order valence-electron chi connectivity index (χ0n) is 17.0. The lowest BCUT2D eigenvalue weighted by Gasteiger charge is -2.35. The second-order valence-corrected chi connectivity index (χ2v) is 10.5. The van der Waals surface area contributed by atoms with Crippen molar-refractivity contribution in [2.75, 3.05) is 0 Å². The summed E-state index contributed by atoms with van der Waals surface area (Å²) in [5.74, 6) is 0.623. The minimum atomic E-state index is 0.103. The summed E-state index contributed by atoms with van der Waals surface area (Å²) in [5.41, 5.74) is 11.3. The van der Waals surface area contributed by atoms with Crippen LogP contribution in [0.15, 0.2) is 48.0 Å². The molecule has 1 atom stereocenters. The maximum Gasteiger partial charge on any atom is 0.0158 e. The van der Waals surface area contributed by atoms with E-state index >= 15 is 0 Å². The van der Waals surface area contributed by atoms with Gasteiger partial charge in [-0.2, -0.15) is 0 Å². The molecular weight excluding hydrogens is 312 g/mol. The molecule has 0 N–H and O–H groups in total. The van der Waals surface area contributed by atoms with Gasteiger partial charge in [-0.25, -0.2) is 0 Å². The van der Waals surface area contributed by atoms with E-state index in [-0.39, 0.29) is 10.8 Å². The summed E-state index contributed by atoms with van der Waals surface area (Å²) in [5, 5.41) is 0. The van der Waals surface area contributed by atoms with Crippen LogP contribution in [0.5, 0.6) is 0 Å². The Morgan fingerprint density at radius 3 is 2.27 bits per heavy atom. The molecule has 134 valence electrons. The molecule has 1 unspecified atom stereocenters. The fourth-order valence-corrected chi connectivity index (χ4v) is 5.95. The van der Waals surface area contributed by atoms with Crippen molar-refractivity contribution < 1.29 is 0 Å². The van der Waals surface area contributed by atoms with E-state index in [9.17, 15) is 0 Å². The fourth-order valence-electron chi connectivity index (χ4n) is 5.95. The Kier molecular flexibility index (Phi) is 2.97. The summed E-state index contributed by atoms with van der Waals surface area (Å²) in [6.45, 7) is 14.5. The van der Waals surface area contributed by atoms with Crippen molar-refractivity contribution in [1.29, 1.82) is 0 Å². The normalized spacial score (nSPS) is 25.8. The van der Waals surface area contributed by atoms with Gasteiger partial charge in [-0.05, 0) is 57.7 Å². The standard InChI is InChI=1S/C26H30/c1-24(2)12-11-17-19-14-21-18(13-22(19)26(5,6)23(17)15-24)16-9-7-8-10-20(16)25(21,3)4/h7-10,13-15,17H,11-12H2,1-6H3. The molecule has 26 heavy (non-hydrogen) atoms. The van der Waals surface area contributed by atoms with E-state index in [4.69, 9.17) is 0 Å². The third-order valence-corrected chi connectivity index (χ3v) is 7.52. The van der Waals surface area contributed by atoms with Gasteiger partial charge >= 0.3 is 0 Å². The summed E-state index contributed by atoms with van der Waals surface area (Å²) in [7, 11) is 0. The fraction of sp³-hybridized carbons (Fsp3) is 0.462. The second-order valence-electron chi connectivity index (χ2n) is 10.5. The molecule has 0 bridgehead atoms. The first-order chi connectivity index (χ1) is 12.1. The van der Waals surface area contributed by atoms with Crippen molar-refractivity contribution in [3.63, 3.8) is 0 Å². The summed E-state index contributed by atoms with van der Waals surface area (Å²) in [6.07, 6.45) is 5.18. The Morgan fingerprint density at radius 2 is 1.50 bits per heavy atom. The molecule has 2 aromatic carbocycles. The molecule has 0 radical (unpaired) electrons. The van der Waals surface area contributed by atoms with E-state index in [1.807, 2.05) is 0 Å². The first kappa shape index (κ1) is 16.4. The van der Waals surface area contributed by atoms with Crippen LogP contribution >= 0.6 is 0 Å². The first-order valence-electron chi connectivity index (χ1n) is 10.1. The van der Waals surface area contributed by atoms with Crippen molar-refractivity contribution >= 4 is 0 Å². The number of hydrogen-bond donors (Lipinski definition) is 0. The lowest BCUT2D eigenvalue weighted by molar-refractivity contribution is 0.369. The van der Waals surface area contributed by atoms with Crippen molar-refractivity contribution in [1.82, 2.24) is 0 Å². The van der Waals surface area contributed by atoms with Gasteiger partial charge in [0.15, 0.2) is 0 Å². The Balaban J connectivity index is 1.78. The first-order valence-corrected chi connectivity index (χ1v) is 10.1. The quantitative estimate of drug-likeness (QED) is 0.447. The molecule has 0 amide bonds. The maximum absolute atomic E-state index is 2.60. The molecule has 0 aliphatic heterocycles. The molecule has 0 heteroatoms. The third kappa shape index (κ3) is 1.91. The van der Waals surface area contributed by atoms with Crippen LogP contribution < -0.4 is 0 Å². The summed E-state index contributed by atoms with van der Waals surface area (Å²) in [4.78, 5) is 0. The average Bonchev–Trinajstić information content (AvgIpc) is 2.93. The van der Waals surface area contributed by atoms with Crippen LogP contribution in [0.25, 0.3) is 11.1 Å². The van der Waals surface area contributed by atoms with Crippen molar-refractivity contribution in [3.8, 4) is 11.1 Å². The predicted molar refractivity (Wildman–Crippen MR) is 111 cm³/mol. The van der Waals surface area contributed by atoms with E-state index in [1.165, 1.54) is 35.1 Å². The largest absolute Gasteiger partial charge is 0.0782 e. The van der Waals surface area contributed by atoms with Crippen LogP contribution in [0.4, 0.5) is 0 Å². The second kappa shape index (κ2) is 4.71. The minimum absolute atomic E-state index is 0.103. The lowest BCUT2D eigenvalue weighted by Crippen LogP contribution is -2.24. The van der Waals surface area contributed by atoms with Gasteiger partial charge in [0.25, 0.3) is 0 Å². The molecule has 5 rings (SSSR count). The van der Waals surface area contributed by atoms with Gasteiger partial charge in [-0.1, -0.05) is 83.5 Å². The highest BCUT2D eigenvalue weighted by atomic mass is 14.5. The smallest absolute Gasteiger partial charge is 0.0158 e. The summed E-state index contributed by atoms with van der Waals surface area (Å²) in [6, 6.07) is 14.1. The molecular formula is C26H30. The van der Waals surface area contributed by atoms with Gasteiger partial charge in [-0.3, -0.25) is 0 Å². The molecule has 0 aromatic heterocycles. The predicted octanol–water partition coefficient (Wildman–Crippen LogP) is 7.11. The number of allylic oxidation sites excluding steroid dienone is 2. The topological polar surface area (TPSA) is 0 Å². The van der Waals surface area contributed by atoms with E-state index in [1.54, 1.807) is 16.7 Å². The van der Waals surface area contributed by atoms with Gasteiger partial charge in [0.05, 0.1) is 0 Å². The Morgan fingerprint density at radius 1 is 0.769 bits per heavy atom. The molecule has 2 aromatic rings. The van der Waals surface area contributed by atoms with Crippen molar-refractivity contribution in [2.45, 2.75) is 71.1 Å². The number of hydrogen-bond acceptors (Lipinski definition) is 0. The number of rotatable bonds is 0. The van der Waals surface area contributed by atoms with Gasteiger partial charge in [-0.15, -0.1) is 0 Å². The summed E-state index contributed by atoms with van der Waals surface area (Å²) >= 11 is 0. The Bertz CT molecular complexity index is 966. The summed E-state index contributed by atoms with van der Waals surface area (Å²) < 4.78 is 0. The average molecular weight is 343 g/mol. The lowest BCUT2D eigenvalue weighted by atomic mass is 9.70. The monoisotopic (exact) mass is 342 g/mol. The van der Waals surface area contributed by atoms with Crippen molar-refractivity contribution in [3.05, 3.63) is 70.3 Å². The molecule has 0 heterocycles. The van der Waals surface area contributed by atoms with Crippen LogP contribution in [-0.4, -0.2) is 0 Å². The van der Waals surface area contributed by atoms with E-state index < -0.39 is 0 Å². The van der Waals surface area contributed by atoms with Crippen molar-refractivity contribution in [2.24, 2.45) is 5.41 Å². The zero-order chi connectivity index (χ0) is 18.5.